The van der Waals surface area contributed by atoms with Gasteiger partial charge in [-0.1, -0.05) is 38.1 Å². The number of hydrogen-bond donors (Lipinski definition) is 0. The molecule has 2 nitrogen and oxygen atoms in total. The van der Waals surface area contributed by atoms with Crippen LogP contribution in [0.5, 0.6) is 0 Å². The van der Waals surface area contributed by atoms with Crippen LogP contribution in [-0.4, -0.2) is 23.8 Å². The fraction of sp³-hybridized carbons (Fsp3) is 0.471. The summed E-state index contributed by atoms with van der Waals surface area (Å²) in [5.41, 5.74) is 3.42. The van der Waals surface area contributed by atoms with Crippen LogP contribution >= 0.6 is 0 Å². The molecule has 3 heterocycles. The van der Waals surface area contributed by atoms with E-state index in [9.17, 15) is 4.79 Å². The van der Waals surface area contributed by atoms with Crippen molar-refractivity contribution in [3.05, 3.63) is 41.1 Å². The molecule has 3 saturated heterocycles. The number of carbonyl (C=O) groups excluding carboxylic acids is 1. The van der Waals surface area contributed by atoms with Gasteiger partial charge in [0.05, 0.1) is 5.70 Å². The number of benzene rings is 1. The van der Waals surface area contributed by atoms with Crippen LogP contribution in [0.2, 0.25) is 0 Å². The number of allylic oxidation sites excluding steroid dienone is 1. The minimum absolute atomic E-state index is 0.284. The van der Waals surface area contributed by atoms with Crippen molar-refractivity contribution in [3.63, 3.8) is 0 Å². The van der Waals surface area contributed by atoms with Gasteiger partial charge in [0.25, 0.3) is 0 Å². The van der Waals surface area contributed by atoms with Crippen molar-refractivity contribution in [1.82, 2.24) is 4.90 Å². The first-order chi connectivity index (χ1) is 9.15. The predicted molar refractivity (Wildman–Crippen MR) is 77.8 cm³/mol. The van der Waals surface area contributed by atoms with Crippen molar-refractivity contribution >= 4 is 11.9 Å². The predicted octanol–water partition coefficient (Wildman–Crippen LogP) is 3.45. The second-order valence-electron chi connectivity index (χ2n) is 5.98. The second-order valence-corrected chi connectivity index (χ2v) is 5.98. The fourth-order valence-corrected chi connectivity index (χ4v) is 3.04. The van der Waals surface area contributed by atoms with E-state index >= 15 is 0 Å². The number of ketones is 1. The molecule has 0 atom stereocenters. The summed E-state index contributed by atoms with van der Waals surface area (Å²) < 4.78 is 0. The highest BCUT2D eigenvalue weighted by molar-refractivity contribution is 6.01. The highest BCUT2D eigenvalue weighted by Crippen LogP contribution is 2.32. The lowest BCUT2D eigenvalue weighted by molar-refractivity contribution is -0.125. The van der Waals surface area contributed by atoms with Crippen molar-refractivity contribution in [2.75, 3.05) is 13.1 Å². The van der Waals surface area contributed by atoms with Crippen LogP contribution in [0.15, 0.2) is 30.0 Å². The normalized spacial score (nSPS) is 21.7. The maximum atomic E-state index is 12.3. The number of rotatable bonds is 2. The maximum absolute atomic E-state index is 12.3. The summed E-state index contributed by atoms with van der Waals surface area (Å²) in [5.74, 6) is 1.19. The van der Waals surface area contributed by atoms with Gasteiger partial charge < -0.3 is 4.90 Å². The van der Waals surface area contributed by atoms with Gasteiger partial charge in [-0.3, -0.25) is 4.79 Å². The minimum Gasteiger partial charge on any atom is -0.369 e. The van der Waals surface area contributed by atoms with Crippen LogP contribution in [0.3, 0.4) is 0 Å². The molecule has 0 amide bonds. The van der Waals surface area contributed by atoms with Crippen molar-refractivity contribution in [3.8, 4) is 0 Å². The van der Waals surface area contributed by atoms with Gasteiger partial charge in [0, 0.05) is 19.0 Å². The Morgan fingerprint density at radius 2 is 1.79 bits per heavy atom. The van der Waals surface area contributed by atoms with Crippen LogP contribution in [0.1, 0.15) is 43.7 Å². The van der Waals surface area contributed by atoms with E-state index in [1.165, 1.54) is 5.56 Å². The molecule has 0 unspecified atom stereocenters. The van der Waals surface area contributed by atoms with Crippen LogP contribution in [0.25, 0.3) is 6.08 Å². The third kappa shape index (κ3) is 2.32. The average Bonchev–Trinajstić information content (AvgIpc) is 2.44. The molecule has 4 rings (SSSR count). The van der Waals surface area contributed by atoms with Gasteiger partial charge in [0.15, 0.2) is 5.78 Å². The van der Waals surface area contributed by atoms with E-state index in [-0.39, 0.29) is 5.92 Å². The molecule has 0 spiro atoms. The molecule has 3 fully saturated rings. The zero-order valence-electron chi connectivity index (χ0n) is 11.7. The molecule has 0 N–H and O–H groups in total. The molecule has 0 aliphatic carbocycles. The molecule has 100 valence electrons. The Morgan fingerprint density at radius 3 is 2.32 bits per heavy atom. The quantitative estimate of drug-likeness (QED) is 0.754. The van der Waals surface area contributed by atoms with Gasteiger partial charge in [-0.15, -0.1) is 0 Å². The summed E-state index contributed by atoms with van der Waals surface area (Å²) in [4.78, 5) is 14.5. The summed E-state index contributed by atoms with van der Waals surface area (Å²) in [6, 6.07) is 8.58. The lowest BCUT2D eigenvalue weighted by Gasteiger charge is -2.41. The van der Waals surface area contributed by atoms with Gasteiger partial charge in [-0.05, 0) is 36.0 Å². The van der Waals surface area contributed by atoms with E-state index < -0.39 is 0 Å². The van der Waals surface area contributed by atoms with Crippen LogP contribution in [-0.2, 0) is 4.79 Å². The van der Waals surface area contributed by atoms with Crippen LogP contribution < -0.4 is 0 Å². The first-order valence-corrected chi connectivity index (χ1v) is 7.26. The Balaban J connectivity index is 1.86. The molecule has 3 aliphatic rings. The molecule has 19 heavy (non-hydrogen) atoms. The molecule has 1 aromatic carbocycles. The Kier molecular flexibility index (Phi) is 3.17. The monoisotopic (exact) mass is 255 g/mol. The van der Waals surface area contributed by atoms with E-state index in [1.807, 2.05) is 0 Å². The number of hydrogen-bond acceptors (Lipinski definition) is 2. The van der Waals surface area contributed by atoms with E-state index in [1.54, 1.807) is 0 Å². The number of Topliss-reactive ketones (excluding diaryl/α,β-unsaturated/α-hetero) is 1. The highest BCUT2D eigenvalue weighted by atomic mass is 16.1. The highest BCUT2D eigenvalue weighted by Gasteiger charge is 2.36. The van der Waals surface area contributed by atoms with Gasteiger partial charge in [-0.2, -0.15) is 0 Å². The first-order valence-electron chi connectivity index (χ1n) is 7.26. The van der Waals surface area contributed by atoms with Crippen molar-refractivity contribution in [1.29, 1.82) is 0 Å². The molecule has 0 saturated carbocycles. The summed E-state index contributed by atoms with van der Waals surface area (Å²) in [7, 11) is 0. The lowest BCUT2D eigenvalue weighted by Crippen LogP contribution is -2.45. The molecular formula is C17H21NO. The lowest BCUT2D eigenvalue weighted by atomic mass is 9.84. The zero-order valence-corrected chi connectivity index (χ0v) is 11.7. The molecule has 1 aromatic rings. The summed E-state index contributed by atoms with van der Waals surface area (Å²) in [6.07, 6.45) is 4.16. The Morgan fingerprint density at radius 1 is 1.16 bits per heavy atom. The topological polar surface area (TPSA) is 20.3 Å². The van der Waals surface area contributed by atoms with E-state index in [4.69, 9.17) is 0 Å². The summed E-state index contributed by atoms with van der Waals surface area (Å²) in [6.45, 7) is 6.49. The number of carbonyl (C=O) groups is 1. The Labute approximate surface area is 115 Å². The maximum Gasteiger partial charge on any atom is 0.182 e. The fourth-order valence-electron chi connectivity index (χ4n) is 3.04. The van der Waals surface area contributed by atoms with Gasteiger partial charge in [0.1, 0.15) is 0 Å². The molecule has 0 aromatic heterocycles. The number of nitrogens with zero attached hydrogens (tertiary/aromatic N) is 1. The standard InChI is InChI=1S/C17H21NO/c1-12(2)14-5-3-13(4-6-14)11-16-17(19)15-7-9-18(16)10-8-15/h3-6,11-12,15H,7-10H2,1-2H3. The Bertz CT molecular complexity index is 505. The number of piperidine rings is 3. The average molecular weight is 255 g/mol. The van der Waals surface area contributed by atoms with E-state index in [0.717, 1.165) is 37.2 Å². The Hall–Kier alpha value is -1.57. The minimum atomic E-state index is 0.284. The second kappa shape index (κ2) is 4.84. The summed E-state index contributed by atoms with van der Waals surface area (Å²) in [5, 5.41) is 0. The van der Waals surface area contributed by atoms with Gasteiger partial charge in [-0.25, -0.2) is 0 Å². The van der Waals surface area contributed by atoms with Gasteiger partial charge in [0.2, 0.25) is 0 Å². The van der Waals surface area contributed by atoms with Crippen LogP contribution in [0, 0.1) is 5.92 Å². The summed E-state index contributed by atoms with van der Waals surface area (Å²) >= 11 is 0. The molecule has 2 heteroatoms. The SMILES string of the molecule is CC(C)c1ccc(C=C2C(=O)C3CCN2CC3)cc1. The first kappa shape index (κ1) is 12.5. The third-order valence-electron chi connectivity index (χ3n) is 4.37. The van der Waals surface area contributed by atoms with Crippen molar-refractivity contribution in [2.45, 2.75) is 32.6 Å². The molecular weight excluding hydrogens is 234 g/mol. The largest absolute Gasteiger partial charge is 0.369 e. The molecule has 3 aliphatic heterocycles. The van der Waals surface area contributed by atoms with Crippen molar-refractivity contribution in [2.24, 2.45) is 5.92 Å². The zero-order chi connectivity index (χ0) is 13.4. The van der Waals surface area contributed by atoms with E-state index in [2.05, 4.69) is 49.1 Å². The smallest absolute Gasteiger partial charge is 0.182 e. The van der Waals surface area contributed by atoms with Crippen LogP contribution in [0.4, 0.5) is 0 Å². The molecule has 2 bridgehead atoms. The van der Waals surface area contributed by atoms with E-state index in [0.29, 0.717) is 11.7 Å². The third-order valence-corrected chi connectivity index (χ3v) is 4.37. The van der Waals surface area contributed by atoms with Crippen molar-refractivity contribution < 1.29 is 4.79 Å². The molecule has 0 radical (unpaired) electrons. The van der Waals surface area contributed by atoms with Gasteiger partial charge >= 0.3 is 0 Å². The number of fused-ring (bicyclic) bond motifs is 3.